The van der Waals surface area contributed by atoms with Gasteiger partial charge in [0.05, 0.1) is 0 Å². The number of benzene rings is 1. The Kier molecular flexibility index (Phi) is 7.72. The first-order valence-electron chi connectivity index (χ1n) is 8.67. The summed E-state index contributed by atoms with van der Waals surface area (Å²) >= 11 is -0.293. The molecule has 0 radical (unpaired) electrons. The molecule has 0 spiro atoms. The zero-order valence-corrected chi connectivity index (χ0v) is 19.6. The van der Waals surface area contributed by atoms with Crippen LogP contribution < -0.4 is 9.47 Å². The molecule has 134 valence electrons. The molecule has 26 heavy (non-hydrogen) atoms. The summed E-state index contributed by atoms with van der Waals surface area (Å²) in [6, 6.07) is 12.9. The Morgan fingerprint density at radius 2 is 1.19 bits per heavy atom. The van der Waals surface area contributed by atoms with Crippen molar-refractivity contribution in [3.05, 3.63) is 62.8 Å². The van der Waals surface area contributed by atoms with Gasteiger partial charge >= 0.3 is 176 Å². The fraction of sp³-hybridized carbons (Fsp3) is 0.182. The van der Waals surface area contributed by atoms with Crippen LogP contribution in [-0.4, -0.2) is 54.1 Å². The average molecular weight is 574 g/mol. The summed E-state index contributed by atoms with van der Waals surface area (Å²) in [6.07, 6.45) is 8.73. The van der Waals surface area contributed by atoms with Crippen LogP contribution >= 0.6 is 0 Å². The molecule has 0 saturated carbocycles. The maximum atomic E-state index is 5.91. The van der Waals surface area contributed by atoms with Crippen molar-refractivity contribution < 1.29 is 9.47 Å². The fourth-order valence-corrected chi connectivity index (χ4v) is 6.06. The number of ether oxygens (including phenoxy) is 2. The quantitative estimate of drug-likeness (QED) is 0.356. The van der Waals surface area contributed by atoms with Gasteiger partial charge < -0.3 is 0 Å². The van der Waals surface area contributed by atoms with E-state index in [0.717, 1.165) is 22.6 Å². The summed E-state index contributed by atoms with van der Waals surface area (Å²) in [5.74, 6) is 1.82. The number of hydrogen-bond acceptors (Lipinski definition) is 2. The first-order chi connectivity index (χ1) is 12.8. The summed E-state index contributed by atoms with van der Waals surface area (Å²) in [5.41, 5.74) is 2.14. The van der Waals surface area contributed by atoms with Crippen LogP contribution in [0.4, 0.5) is 0 Å². The molecule has 0 saturated heterocycles. The van der Waals surface area contributed by atoms with E-state index >= 15 is 0 Å². The van der Waals surface area contributed by atoms with Crippen LogP contribution in [0, 0.1) is 0 Å². The summed E-state index contributed by atoms with van der Waals surface area (Å²) < 4.78 is 19.3. The van der Waals surface area contributed by atoms with Gasteiger partial charge in [-0.25, -0.2) is 0 Å². The van der Waals surface area contributed by atoms with E-state index in [9.17, 15) is 0 Å². The van der Waals surface area contributed by atoms with Gasteiger partial charge in [-0.2, -0.15) is 0 Å². The molecule has 0 fully saturated rings. The van der Waals surface area contributed by atoms with Crippen LogP contribution in [0.15, 0.2) is 44.6 Å². The molecule has 2 aromatic heterocycles. The van der Waals surface area contributed by atoms with Crippen molar-refractivity contribution in [1.29, 1.82) is 0 Å². The Morgan fingerprint density at radius 3 is 1.54 bits per heavy atom. The van der Waals surface area contributed by atoms with Crippen LogP contribution in [0.3, 0.4) is 0 Å². The average Bonchev–Trinajstić information content (AvgIpc) is 3.34. The predicted octanol–water partition coefficient (Wildman–Crippen LogP) is 4.94. The van der Waals surface area contributed by atoms with Gasteiger partial charge in [0.25, 0.3) is 0 Å². The van der Waals surface area contributed by atoms with Crippen molar-refractivity contribution in [2.75, 3.05) is 13.2 Å². The topological polar surface area (TPSA) is 18.5 Å². The minimum atomic E-state index is -0.147. The number of hydrogen-bond donors (Lipinski definition) is 0. The predicted molar refractivity (Wildman–Crippen MR) is 113 cm³/mol. The maximum absolute atomic E-state index is 5.91. The van der Waals surface area contributed by atoms with Crippen molar-refractivity contribution in [2.45, 2.75) is 13.8 Å². The zero-order chi connectivity index (χ0) is 18.2. The van der Waals surface area contributed by atoms with Crippen LogP contribution in [0.2, 0.25) is 0 Å². The Balaban J connectivity index is 1.97. The summed E-state index contributed by atoms with van der Waals surface area (Å²) in [6.45, 7) is 5.35. The third kappa shape index (κ3) is 5.42. The third-order valence-corrected chi connectivity index (χ3v) is 8.46. The van der Waals surface area contributed by atoms with E-state index in [1.54, 1.807) is 0 Å². The SMILES string of the molecule is CCOc1cc(/C=C/c2ccc[te]2)c(OCC)cc1/C=C/c1ccc[te]1. The Labute approximate surface area is 175 Å². The Bertz CT molecular complexity index is 786. The molecule has 0 aliphatic carbocycles. The van der Waals surface area contributed by atoms with Crippen molar-refractivity contribution in [2.24, 2.45) is 0 Å². The first-order valence-corrected chi connectivity index (χ1v) is 13.7. The minimum absolute atomic E-state index is 0.147. The molecule has 2 heterocycles. The summed E-state index contributed by atoms with van der Waals surface area (Å²) in [5, 5.41) is 0. The van der Waals surface area contributed by atoms with E-state index in [-0.39, 0.29) is 40.9 Å². The van der Waals surface area contributed by atoms with Crippen LogP contribution in [0.1, 0.15) is 32.1 Å². The zero-order valence-electron chi connectivity index (χ0n) is 15.0. The van der Waals surface area contributed by atoms with E-state index in [0.29, 0.717) is 13.2 Å². The monoisotopic (exact) mass is 578 g/mol. The van der Waals surface area contributed by atoms with Gasteiger partial charge in [-0.05, 0) is 0 Å². The van der Waals surface area contributed by atoms with Gasteiger partial charge in [-0.1, -0.05) is 0 Å². The van der Waals surface area contributed by atoms with Crippen molar-refractivity contribution in [3.8, 4) is 11.5 Å². The summed E-state index contributed by atoms with van der Waals surface area (Å²) in [4.78, 5) is 0. The van der Waals surface area contributed by atoms with E-state index < -0.39 is 0 Å². The molecular weight excluding hydrogens is 551 g/mol. The van der Waals surface area contributed by atoms with Crippen LogP contribution in [0.25, 0.3) is 24.3 Å². The van der Waals surface area contributed by atoms with Gasteiger partial charge in [0, 0.05) is 0 Å². The van der Waals surface area contributed by atoms with Crippen LogP contribution in [-0.2, 0) is 0 Å². The van der Waals surface area contributed by atoms with Gasteiger partial charge in [0.15, 0.2) is 0 Å². The normalized spacial score (nSPS) is 11.5. The molecule has 0 N–H and O–H groups in total. The van der Waals surface area contributed by atoms with Crippen molar-refractivity contribution >= 4 is 65.2 Å². The Morgan fingerprint density at radius 1 is 0.731 bits per heavy atom. The molecule has 1 aromatic carbocycles. The second-order valence-electron chi connectivity index (χ2n) is 5.49. The fourth-order valence-electron chi connectivity index (χ4n) is 2.53. The standard InChI is InChI=1S/C22H22O2Te2/c1-3-23-21-15-18(10-12-20-8-6-14-26-20)22(24-4-2)16-17(21)9-11-19-7-5-13-25-19/h5-16H,3-4H2,1-2H3/b11-9+,12-10+. The van der Waals surface area contributed by atoms with Crippen molar-refractivity contribution in [1.82, 2.24) is 0 Å². The molecule has 3 aromatic rings. The van der Waals surface area contributed by atoms with Gasteiger partial charge in [-0.15, -0.1) is 0 Å². The molecule has 0 atom stereocenters. The molecule has 0 unspecified atom stereocenters. The molecule has 2 nitrogen and oxygen atoms in total. The molecule has 4 heteroatoms. The second kappa shape index (κ2) is 10.2. The van der Waals surface area contributed by atoms with E-state index in [4.69, 9.17) is 9.47 Å². The van der Waals surface area contributed by atoms with Gasteiger partial charge in [0.2, 0.25) is 0 Å². The Hall–Kier alpha value is -1.16. The molecule has 0 aliphatic heterocycles. The van der Waals surface area contributed by atoms with Gasteiger partial charge in [-0.3, -0.25) is 0 Å². The summed E-state index contributed by atoms with van der Waals surface area (Å²) in [7, 11) is 0. The number of rotatable bonds is 8. The van der Waals surface area contributed by atoms with E-state index in [1.807, 2.05) is 13.8 Å². The third-order valence-electron chi connectivity index (χ3n) is 3.68. The van der Waals surface area contributed by atoms with Gasteiger partial charge in [0.1, 0.15) is 0 Å². The van der Waals surface area contributed by atoms with Crippen LogP contribution in [0.5, 0.6) is 11.5 Å². The molecule has 0 aliphatic rings. The molecule has 0 amide bonds. The molecular formula is C22H22O2Te2. The molecule has 3 rings (SSSR count). The van der Waals surface area contributed by atoms with E-state index in [1.165, 1.54) is 7.16 Å². The van der Waals surface area contributed by atoms with Crippen molar-refractivity contribution in [3.63, 3.8) is 0 Å². The van der Waals surface area contributed by atoms with E-state index in [2.05, 4.69) is 68.9 Å². The second-order valence-corrected chi connectivity index (χ2v) is 11.1. The first kappa shape index (κ1) is 19.6. The molecule has 0 bridgehead atoms.